The van der Waals surface area contributed by atoms with Crippen LogP contribution in [-0.4, -0.2) is 17.0 Å². The lowest BCUT2D eigenvalue weighted by molar-refractivity contribution is -0.141. The van der Waals surface area contributed by atoms with Crippen molar-refractivity contribution < 1.29 is 41.1 Å². The summed E-state index contributed by atoms with van der Waals surface area (Å²) in [6, 6.07) is 5.24. The molecule has 0 spiro atoms. The molecule has 0 aliphatic rings. The van der Waals surface area contributed by atoms with Gasteiger partial charge in [-0.15, -0.1) is 0 Å². The number of alkyl halides is 6. The summed E-state index contributed by atoms with van der Waals surface area (Å²) >= 11 is 0. The van der Waals surface area contributed by atoms with Gasteiger partial charge < -0.3 is 5.32 Å². The molecule has 0 fully saturated rings. The molecule has 2 amide bonds. The smallest absolute Gasteiger partial charge is 0.345 e. The Hall–Kier alpha value is -3.08. The van der Waals surface area contributed by atoms with E-state index in [1.54, 1.807) is 13.8 Å². The normalized spacial score (nSPS) is 13.1. The Morgan fingerprint density at radius 3 is 1.90 bits per heavy atom. The third-order valence-corrected chi connectivity index (χ3v) is 4.48. The summed E-state index contributed by atoms with van der Waals surface area (Å²) in [5.74, 6) is -2.48. The van der Waals surface area contributed by atoms with Gasteiger partial charge >= 0.3 is 12.4 Å². The molecule has 0 saturated carbocycles. The Labute approximate surface area is 173 Å². The molecule has 31 heavy (non-hydrogen) atoms. The maximum Gasteiger partial charge on any atom is 0.417 e. The van der Waals surface area contributed by atoms with Crippen molar-refractivity contribution >= 4 is 11.8 Å². The summed E-state index contributed by atoms with van der Waals surface area (Å²) in [6.07, 6.45) is -9.97. The molecule has 2 aromatic carbocycles. The minimum absolute atomic E-state index is 0.0809. The van der Waals surface area contributed by atoms with Gasteiger partial charge in [-0.2, -0.15) is 26.3 Å². The maximum atomic E-state index is 13.3. The molecule has 168 valence electrons. The predicted octanol–water partition coefficient (Wildman–Crippen LogP) is 4.97. The number of rotatable bonds is 5. The topological polar surface area (TPSA) is 78.4 Å². The van der Waals surface area contributed by atoms with Gasteiger partial charge in [-0.1, -0.05) is 26.0 Å². The van der Waals surface area contributed by atoms with Crippen LogP contribution in [0.25, 0.3) is 0 Å². The summed E-state index contributed by atoms with van der Waals surface area (Å²) in [6.45, 7) is 3.30. The van der Waals surface area contributed by atoms with Gasteiger partial charge in [-0.25, -0.2) is 5.48 Å². The Morgan fingerprint density at radius 1 is 0.871 bits per heavy atom. The van der Waals surface area contributed by atoms with E-state index in [0.29, 0.717) is 5.56 Å². The number of carbonyl (C=O) groups is 2. The highest BCUT2D eigenvalue weighted by Crippen LogP contribution is 2.37. The van der Waals surface area contributed by atoms with Crippen LogP contribution in [0, 0.1) is 5.92 Å². The van der Waals surface area contributed by atoms with Crippen LogP contribution < -0.4 is 10.8 Å². The molecule has 2 aromatic rings. The van der Waals surface area contributed by atoms with Crippen LogP contribution in [0.5, 0.6) is 0 Å². The Bertz CT molecular complexity index is 953. The van der Waals surface area contributed by atoms with Gasteiger partial charge in [-0.3, -0.25) is 14.8 Å². The number of hydrogen-bond acceptors (Lipinski definition) is 3. The highest BCUT2D eigenvalue weighted by atomic mass is 19.4. The second kappa shape index (κ2) is 8.96. The van der Waals surface area contributed by atoms with Crippen molar-refractivity contribution in [1.29, 1.82) is 0 Å². The van der Waals surface area contributed by atoms with E-state index in [-0.39, 0.29) is 29.7 Å². The van der Waals surface area contributed by atoms with E-state index in [0.717, 1.165) is 0 Å². The van der Waals surface area contributed by atoms with Crippen molar-refractivity contribution in [2.45, 2.75) is 32.2 Å². The third kappa shape index (κ3) is 5.75. The Balaban J connectivity index is 2.43. The molecule has 1 unspecified atom stereocenters. The Morgan fingerprint density at radius 2 is 1.45 bits per heavy atom. The minimum atomic E-state index is -5.04. The first-order chi connectivity index (χ1) is 14.3. The molecule has 0 aliphatic heterocycles. The minimum Gasteiger partial charge on any atom is -0.345 e. The van der Waals surface area contributed by atoms with Gasteiger partial charge in [0.15, 0.2) is 0 Å². The van der Waals surface area contributed by atoms with Gasteiger partial charge in [0.1, 0.15) is 0 Å². The van der Waals surface area contributed by atoms with Crippen LogP contribution in [0.2, 0.25) is 0 Å². The zero-order chi connectivity index (χ0) is 23.6. The summed E-state index contributed by atoms with van der Waals surface area (Å²) < 4.78 is 78.8. The van der Waals surface area contributed by atoms with E-state index in [1.165, 1.54) is 29.7 Å². The van der Waals surface area contributed by atoms with E-state index in [4.69, 9.17) is 5.21 Å². The number of carbonyl (C=O) groups excluding carboxylic acids is 2. The summed E-state index contributed by atoms with van der Waals surface area (Å²) in [7, 11) is 0. The maximum absolute atomic E-state index is 13.3. The van der Waals surface area contributed by atoms with Crippen LogP contribution in [0.1, 0.15) is 57.3 Å². The van der Waals surface area contributed by atoms with E-state index < -0.39 is 46.9 Å². The molecule has 0 radical (unpaired) electrons. The average molecular weight is 448 g/mol. The molecule has 0 aliphatic carbocycles. The van der Waals surface area contributed by atoms with Crippen molar-refractivity contribution in [1.82, 2.24) is 10.8 Å². The molecule has 5 nitrogen and oxygen atoms in total. The molecule has 0 saturated heterocycles. The van der Waals surface area contributed by atoms with Crippen molar-refractivity contribution in [3.8, 4) is 0 Å². The highest BCUT2D eigenvalue weighted by molar-refractivity contribution is 5.96. The lowest BCUT2D eigenvalue weighted by atomic mass is 9.94. The van der Waals surface area contributed by atoms with E-state index in [1.807, 2.05) is 0 Å². The fraction of sp³-hybridized carbons (Fsp3) is 0.300. The number of hydrogen-bond donors (Lipinski definition) is 3. The van der Waals surface area contributed by atoms with E-state index >= 15 is 0 Å². The van der Waals surface area contributed by atoms with Crippen LogP contribution in [0.4, 0.5) is 26.3 Å². The van der Waals surface area contributed by atoms with Crippen molar-refractivity contribution in [3.63, 3.8) is 0 Å². The fourth-order valence-corrected chi connectivity index (χ4v) is 2.92. The molecular weight excluding hydrogens is 430 g/mol. The largest absolute Gasteiger partial charge is 0.417 e. The van der Waals surface area contributed by atoms with E-state index in [9.17, 15) is 35.9 Å². The molecule has 0 aromatic heterocycles. The van der Waals surface area contributed by atoms with Gasteiger partial charge in [0.2, 0.25) is 0 Å². The first kappa shape index (κ1) is 24.2. The molecule has 0 heterocycles. The lowest BCUT2D eigenvalue weighted by Gasteiger charge is -2.24. The monoisotopic (exact) mass is 448 g/mol. The van der Waals surface area contributed by atoms with Crippen LogP contribution in [0.15, 0.2) is 42.5 Å². The van der Waals surface area contributed by atoms with Crippen LogP contribution in [0.3, 0.4) is 0 Å². The number of nitrogens with one attached hydrogen (secondary N) is 2. The molecule has 3 N–H and O–H groups in total. The van der Waals surface area contributed by atoms with Gasteiger partial charge in [0, 0.05) is 5.56 Å². The second-order valence-electron chi connectivity index (χ2n) is 7.01. The molecular formula is C20H18F6N2O3. The van der Waals surface area contributed by atoms with Crippen molar-refractivity contribution in [2.24, 2.45) is 5.92 Å². The molecule has 1 atom stereocenters. The number of benzene rings is 2. The predicted molar refractivity (Wildman–Crippen MR) is 97.2 cm³/mol. The zero-order valence-corrected chi connectivity index (χ0v) is 16.2. The van der Waals surface area contributed by atoms with Gasteiger partial charge in [-0.05, 0) is 41.8 Å². The second-order valence-corrected chi connectivity index (χ2v) is 7.01. The Kier molecular flexibility index (Phi) is 6.99. The van der Waals surface area contributed by atoms with Crippen molar-refractivity contribution in [3.05, 3.63) is 70.3 Å². The van der Waals surface area contributed by atoms with E-state index in [2.05, 4.69) is 5.32 Å². The number of amides is 2. The number of halogens is 6. The van der Waals surface area contributed by atoms with Crippen LogP contribution in [-0.2, 0) is 12.4 Å². The zero-order valence-electron chi connectivity index (χ0n) is 16.2. The molecule has 11 heteroatoms. The summed E-state index contributed by atoms with van der Waals surface area (Å²) in [5, 5.41) is 11.0. The standard InChI is InChI=1S/C20H18F6N2O3/c1-10(2)16(11-3-5-12(6-4-11)17(29)28-31)27-18(30)14-9-13(19(21,22)23)7-8-15(14)20(24,25)26/h3-10,16,31H,1-2H3,(H,27,30)(H,28,29). The van der Waals surface area contributed by atoms with Crippen LogP contribution >= 0.6 is 0 Å². The summed E-state index contributed by atoms with van der Waals surface area (Å²) in [5.41, 5.74) is -2.10. The fourth-order valence-electron chi connectivity index (χ4n) is 2.92. The van der Waals surface area contributed by atoms with Crippen molar-refractivity contribution in [2.75, 3.05) is 0 Å². The third-order valence-electron chi connectivity index (χ3n) is 4.48. The summed E-state index contributed by atoms with van der Waals surface area (Å²) in [4.78, 5) is 24.0. The first-order valence-electron chi connectivity index (χ1n) is 8.89. The average Bonchev–Trinajstić information content (AvgIpc) is 2.69. The number of hydroxylamine groups is 1. The van der Waals surface area contributed by atoms with Gasteiger partial charge in [0.25, 0.3) is 11.8 Å². The first-order valence-corrected chi connectivity index (χ1v) is 8.89. The quantitative estimate of drug-likeness (QED) is 0.343. The lowest BCUT2D eigenvalue weighted by Crippen LogP contribution is -2.33. The molecule has 2 rings (SSSR count). The SMILES string of the molecule is CC(C)C(NC(=O)c1cc(C(F)(F)F)ccc1C(F)(F)F)c1ccc(C(=O)NO)cc1. The van der Waals surface area contributed by atoms with Gasteiger partial charge in [0.05, 0.1) is 22.7 Å². The highest BCUT2D eigenvalue weighted by Gasteiger charge is 2.39. The molecule has 0 bridgehead atoms.